The molecule has 1 atom stereocenters. The molecule has 234 valence electrons. The van der Waals surface area contributed by atoms with E-state index in [4.69, 9.17) is 4.74 Å². The summed E-state index contributed by atoms with van der Waals surface area (Å²) in [6.45, 7) is 7.53. The van der Waals surface area contributed by atoms with Gasteiger partial charge in [0.1, 0.15) is 0 Å². The van der Waals surface area contributed by atoms with Crippen molar-refractivity contribution in [2.75, 3.05) is 6.61 Å². The Kier molecular flexibility index (Phi) is 33.2. The predicted molar refractivity (Wildman–Crippen MR) is 175 cm³/mol. The lowest BCUT2D eigenvalue weighted by molar-refractivity contribution is -0.145. The fourth-order valence-corrected chi connectivity index (χ4v) is 5.84. The van der Waals surface area contributed by atoms with Crippen molar-refractivity contribution in [2.24, 2.45) is 5.92 Å². The molecule has 0 fully saturated rings. The molecule has 39 heavy (non-hydrogen) atoms. The van der Waals surface area contributed by atoms with Crippen LogP contribution in [0.5, 0.6) is 0 Å². The minimum Gasteiger partial charge on any atom is -0.465 e. The SMILES string of the molecule is CCCCCCCCCCCCC(=O)OCC(CCCCCCCCCC)CCCCCCCCCCCC. The van der Waals surface area contributed by atoms with Crippen LogP contribution in [0.2, 0.25) is 0 Å². The van der Waals surface area contributed by atoms with Crippen molar-refractivity contribution in [3.8, 4) is 0 Å². The molecule has 0 amide bonds. The summed E-state index contributed by atoms with van der Waals surface area (Å²) >= 11 is 0. The standard InChI is InChI=1S/C37H74O2/c1-4-7-10-13-16-19-21-24-27-30-33-36(32-29-26-23-18-15-12-9-6-3)35-39-37(38)34-31-28-25-22-20-17-14-11-8-5-2/h36H,4-35H2,1-3H3. The van der Waals surface area contributed by atoms with Crippen LogP contribution in [0.1, 0.15) is 220 Å². The molecule has 0 aromatic heterocycles. The van der Waals surface area contributed by atoms with Crippen LogP contribution in [0.25, 0.3) is 0 Å². The van der Waals surface area contributed by atoms with Crippen molar-refractivity contribution in [2.45, 2.75) is 220 Å². The second-order valence-electron chi connectivity index (χ2n) is 12.7. The number of unbranched alkanes of at least 4 members (excludes halogenated alkanes) is 25. The van der Waals surface area contributed by atoms with E-state index in [-0.39, 0.29) is 5.97 Å². The number of esters is 1. The highest BCUT2D eigenvalue weighted by atomic mass is 16.5. The Morgan fingerprint density at radius 3 is 1.03 bits per heavy atom. The minimum absolute atomic E-state index is 0.0542. The Balaban J connectivity index is 3.99. The van der Waals surface area contributed by atoms with Gasteiger partial charge in [0.05, 0.1) is 6.61 Å². The Labute approximate surface area is 247 Å². The highest BCUT2D eigenvalue weighted by Gasteiger charge is 2.12. The van der Waals surface area contributed by atoms with Gasteiger partial charge in [-0.1, -0.05) is 194 Å². The van der Waals surface area contributed by atoms with Gasteiger partial charge < -0.3 is 4.74 Å². The van der Waals surface area contributed by atoms with Crippen LogP contribution < -0.4 is 0 Å². The monoisotopic (exact) mass is 551 g/mol. The lowest BCUT2D eigenvalue weighted by Gasteiger charge is -2.17. The third-order valence-electron chi connectivity index (χ3n) is 8.65. The highest BCUT2D eigenvalue weighted by Crippen LogP contribution is 2.21. The second kappa shape index (κ2) is 33.7. The average molecular weight is 551 g/mol. The summed E-state index contributed by atoms with van der Waals surface area (Å²) in [6.07, 6.45) is 41.1. The van der Waals surface area contributed by atoms with E-state index in [9.17, 15) is 4.79 Å². The highest BCUT2D eigenvalue weighted by molar-refractivity contribution is 5.69. The van der Waals surface area contributed by atoms with Gasteiger partial charge in [-0.25, -0.2) is 0 Å². The number of carbonyl (C=O) groups is 1. The van der Waals surface area contributed by atoms with Gasteiger partial charge in [0.25, 0.3) is 0 Å². The average Bonchev–Trinajstić information content (AvgIpc) is 2.94. The first-order valence-corrected chi connectivity index (χ1v) is 18.4. The Morgan fingerprint density at radius 1 is 0.410 bits per heavy atom. The zero-order valence-electron chi connectivity index (χ0n) is 27.5. The lowest BCUT2D eigenvalue weighted by Crippen LogP contribution is -2.14. The van der Waals surface area contributed by atoms with Gasteiger partial charge in [-0.3, -0.25) is 4.79 Å². The summed E-state index contributed by atoms with van der Waals surface area (Å²) in [5.74, 6) is 0.634. The van der Waals surface area contributed by atoms with Crippen molar-refractivity contribution < 1.29 is 9.53 Å². The van der Waals surface area contributed by atoms with Crippen LogP contribution in [0, 0.1) is 5.92 Å². The number of ether oxygens (including phenoxy) is 1. The Hall–Kier alpha value is -0.530. The maximum atomic E-state index is 12.4. The molecule has 0 rings (SSSR count). The molecule has 0 N–H and O–H groups in total. The summed E-state index contributed by atoms with van der Waals surface area (Å²) < 4.78 is 5.81. The first kappa shape index (κ1) is 38.5. The largest absolute Gasteiger partial charge is 0.465 e. The summed E-state index contributed by atoms with van der Waals surface area (Å²) in [6, 6.07) is 0. The zero-order valence-corrected chi connectivity index (χ0v) is 27.5. The number of hydrogen-bond donors (Lipinski definition) is 0. The topological polar surface area (TPSA) is 26.3 Å². The molecule has 0 spiro atoms. The van der Waals surface area contributed by atoms with Crippen molar-refractivity contribution in [1.82, 2.24) is 0 Å². The molecule has 2 nitrogen and oxygen atoms in total. The van der Waals surface area contributed by atoms with Crippen LogP contribution in [-0.2, 0) is 9.53 Å². The fourth-order valence-electron chi connectivity index (χ4n) is 5.84. The molecule has 0 bridgehead atoms. The molecule has 0 saturated heterocycles. The van der Waals surface area contributed by atoms with Gasteiger partial charge in [0.15, 0.2) is 0 Å². The molecule has 0 aliphatic rings. The van der Waals surface area contributed by atoms with Crippen LogP contribution >= 0.6 is 0 Å². The minimum atomic E-state index is 0.0542. The van der Waals surface area contributed by atoms with Gasteiger partial charge >= 0.3 is 5.97 Å². The van der Waals surface area contributed by atoms with E-state index >= 15 is 0 Å². The molecule has 0 aromatic rings. The van der Waals surface area contributed by atoms with Crippen molar-refractivity contribution in [1.29, 1.82) is 0 Å². The van der Waals surface area contributed by atoms with Gasteiger partial charge in [-0.15, -0.1) is 0 Å². The zero-order chi connectivity index (χ0) is 28.5. The molecule has 1 unspecified atom stereocenters. The maximum absolute atomic E-state index is 12.4. The van der Waals surface area contributed by atoms with Crippen LogP contribution in [0.3, 0.4) is 0 Å². The smallest absolute Gasteiger partial charge is 0.305 e. The molecule has 0 heterocycles. The Morgan fingerprint density at radius 2 is 0.692 bits per heavy atom. The van der Waals surface area contributed by atoms with E-state index in [1.807, 2.05) is 0 Å². The third-order valence-corrected chi connectivity index (χ3v) is 8.65. The van der Waals surface area contributed by atoms with Crippen molar-refractivity contribution >= 4 is 5.97 Å². The van der Waals surface area contributed by atoms with E-state index in [2.05, 4.69) is 20.8 Å². The lowest BCUT2D eigenvalue weighted by atomic mass is 9.94. The first-order valence-electron chi connectivity index (χ1n) is 18.4. The number of carbonyl (C=O) groups excluding carboxylic acids is 1. The maximum Gasteiger partial charge on any atom is 0.305 e. The molecular formula is C37H74O2. The van der Waals surface area contributed by atoms with E-state index in [0.717, 1.165) is 6.42 Å². The van der Waals surface area contributed by atoms with E-state index in [1.165, 1.54) is 186 Å². The molecule has 0 radical (unpaired) electrons. The molecule has 0 aromatic carbocycles. The molecular weight excluding hydrogens is 476 g/mol. The number of rotatable bonds is 33. The van der Waals surface area contributed by atoms with E-state index in [1.54, 1.807) is 0 Å². The summed E-state index contributed by atoms with van der Waals surface area (Å²) in [5.41, 5.74) is 0. The molecule has 0 aliphatic heterocycles. The molecule has 0 aliphatic carbocycles. The summed E-state index contributed by atoms with van der Waals surface area (Å²) in [5, 5.41) is 0. The summed E-state index contributed by atoms with van der Waals surface area (Å²) in [4.78, 5) is 12.4. The summed E-state index contributed by atoms with van der Waals surface area (Å²) in [7, 11) is 0. The quantitative estimate of drug-likeness (QED) is 0.0600. The Bertz CT molecular complexity index is 460. The van der Waals surface area contributed by atoms with Crippen molar-refractivity contribution in [3.05, 3.63) is 0 Å². The second-order valence-corrected chi connectivity index (χ2v) is 12.7. The normalized spacial score (nSPS) is 12.2. The number of hydrogen-bond acceptors (Lipinski definition) is 2. The predicted octanol–water partition coefficient (Wildman–Crippen LogP) is 13.3. The van der Waals surface area contributed by atoms with Gasteiger partial charge in [0, 0.05) is 6.42 Å². The van der Waals surface area contributed by atoms with Crippen LogP contribution in [0.4, 0.5) is 0 Å². The molecule has 2 heteroatoms. The third kappa shape index (κ3) is 31.9. The first-order chi connectivity index (χ1) is 19.2. The van der Waals surface area contributed by atoms with Gasteiger partial charge in [-0.2, -0.15) is 0 Å². The van der Waals surface area contributed by atoms with Crippen molar-refractivity contribution in [3.63, 3.8) is 0 Å². The van der Waals surface area contributed by atoms with Gasteiger partial charge in [0.2, 0.25) is 0 Å². The van der Waals surface area contributed by atoms with E-state index in [0.29, 0.717) is 18.9 Å². The van der Waals surface area contributed by atoms with Gasteiger partial charge in [-0.05, 0) is 25.2 Å². The molecule has 0 saturated carbocycles. The fraction of sp³-hybridized carbons (Fsp3) is 0.973. The van der Waals surface area contributed by atoms with Crippen LogP contribution in [0.15, 0.2) is 0 Å². The van der Waals surface area contributed by atoms with E-state index < -0.39 is 0 Å². The van der Waals surface area contributed by atoms with Crippen LogP contribution in [-0.4, -0.2) is 12.6 Å².